The van der Waals surface area contributed by atoms with E-state index in [-0.39, 0.29) is 0 Å². The Morgan fingerprint density at radius 1 is 1.21 bits per heavy atom. The van der Waals surface area contributed by atoms with Gasteiger partial charge in [0.1, 0.15) is 5.15 Å². The Bertz CT molecular complexity index is 463. The predicted octanol–water partition coefficient (Wildman–Crippen LogP) is 3.49. The Labute approximate surface area is 92.1 Å². The van der Waals surface area contributed by atoms with Crippen LogP contribution in [-0.4, -0.2) is 9.78 Å². The Balaban J connectivity index is 2.54. The summed E-state index contributed by atoms with van der Waals surface area (Å²) in [6, 6.07) is 9.52. The second-order valence-corrected chi connectivity index (χ2v) is 3.82. The summed E-state index contributed by atoms with van der Waals surface area (Å²) < 4.78 is 1.61. The minimum absolute atomic E-state index is 0.400. The molecule has 0 N–H and O–H groups in total. The van der Waals surface area contributed by atoms with Crippen molar-refractivity contribution in [3.8, 4) is 5.69 Å². The molecule has 1 heterocycles. The molecule has 0 unspecified atom stereocenters. The summed E-state index contributed by atoms with van der Waals surface area (Å²) >= 11 is 11.7. The van der Waals surface area contributed by atoms with Crippen LogP contribution in [0.15, 0.2) is 30.3 Å². The molecule has 0 spiro atoms. The van der Waals surface area contributed by atoms with Crippen molar-refractivity contribution in [2.24, 2.45) is 0 Å². The van der Waals surface area contributed by atoms with Gasteiger partial charge in [-0.2, -0.15) is 5.10 Å². The highest BCUT2D eigenvalue weighted by molar-refractivity contribution is 6.33. The largest absolute Gasteiger partial charge is 0.221 e. The fourth-order valence-electron chi connectivity index (χ4n) is 1.27. The molecule has 4 heteroatoms. The monoisotopic (exact) mass is 226 g/mol. The van der Waals surface area contributed by atoms with Crippen molar-refractivity contribution >= 4 is 23.2 Å². The molecule has 0 aliphatic heterocycles. The van der Waals surface area contributed by atoms with Crippen LogP contribution in [0.2, 0.25) is 10.3 Å². The third kappa shape index (κ3) is 1.76. The highest BCUT2D eigenvalue weighted by Gasteiger charge is 2.05. The summed E-state index contributed by atoms with van der Waals surface area (Å²) in [5.74, 6) is 0. The molecule has 2 rings (SSSR count). The molecule has 72 valence electrons. The number of nitrogens with zero attached hydrogens (tertiary/aromatic N) is 2. The van der Waals surface area contributed by atoms with Crippen molar-refractivity contribution < 1.29 is 0 Å². The molecule has 0 saturated heterocycles. The fraction of sp³-hybridized carbons (Fsp3) is 0.100. The smallest absolute Gasteiger partial charge is 0.153 e. The highest BCUT2D eigenvalue weighted by Crippen LogP contribution is 2.20. The average molecular weight is 227 g/mol. The van der Waals surface area contributed by atoms with E-state index in [0.717, 1.165) is 11.3 Å². The number of aryl methyl sites for hydroxylation is 1. The lowest BCUT2D eigenvalue weighted by Gasteiger charge is -2.03. The van der Waals surface area contributed by atoms with Crippen LogP contribution in [0.4, 0.5) is 0 Å². The molecule has 14 heavy (non-hydrogen) atoms. The van der Waals surface area contributed by atoms with E-state index in [0.29, 0.717) is 10.3 Å². The van der Waals surface area contributed by atoms with E-state index in [4.69, 9.17) is 23.2 Å². The number of aromatic nitrogens is 2. The zero-order valence-electron chi connectivity index (χ0n) is 7.54. The Kier molecular flexibility index (Phi) is 2.48. The van der Waals surface area contributed by atoms with Gasteiger partial charge in [0.25, 0.3) is 0 Å². The molecule has 0 atom stereocenters. The van der Waals surface area contributed by atoms with Gasteiger partial charge in [-0.1, -0.05) is 35.3 Å². The Morgan fingerprint density at radius 2 is 2.00 bits per heavy atom. The molecule has 2 aromatic rings. The minimum atomic E-state index is 0.400. The van der Waals surface area contributed by atoms with Gasteiger partial charge in [-0.15, -0.1) is 0 Å². The van der Waals surface area contributed by atoms with Crippen LogP contribution >= 0.6 is 23.2 Å². The van der Waals surface area contributed by atoms with Gasteiger partial charge < -0.3 is 0 Å². The standard InChI is InChI=1S/C10H8Cl2N2/c1-7-3-2-4-8(5-7)14-10(12)6-9(11)13-14/h2-6H,1H3. The first-order valence-corrected chi connectivity index (χ1v) is 4.90. The van der Waals surface area contributed by atoms with E-state index in [9.17, 15) is 0 Å². The summed E-state index contributed by atoms with van der Waals surface area (Å²) in [5.41, 5.74) is 2.08. The highest BCUT2D eigenvalue weighted by atomic mass is 35.5. The maximum Gasteiger partial charge on any atom is 0.153 e. The van der Waals surface area contributed by atoms with Crippen LogP contribution in [0, 0.1) is 6.92 Å². The van der Waals surface area contributed by atoms with Gasteiger partial charge in [0.05, 0.1) is 5.69 Å². The first-order chi connectivity index (χ1) is 6.66. The van der Waals surface area contributed by atoms with Crippen molar-refractivity contribution in [2.75, 3.05) is 0 Å². The van der Waals surface area contributed by atoms with Crippen LogP contribution < -0.4 is 0 Å². The van der Waals surface area contributed by atoms with Crippen LogP contribution in [0.1, 0.15) is 5.56 Å². The third-order valence-corrected chi connectivity index (χ3v) is 2.34. The van der Waals surface area contributed by atoms with Crippen LogP contribution in [0.25, 0.3) is 5.69 Å². The van der Waals surface area contributed by atoms with Crippen molar-refractivity contribution in [1.82, 2.24) is 9.78 Å². The summed E-state index contributed by atoms with van der Waals surface area (Å²) in [6.45, 7) is 2.02. The Hall–Kier alpha value is -0.990. The molecule has 1 aromatic heterocycles. The maximum atomic E-state index is 5.95. The zero-order valence-corrected chi connectivity index (χ0v) is 9.05. The van der Waals surface area contributed by atoms with Crippen molar-refractivity contribution in [3.63, 3.8) is 0 Å². The second kappa shape index (κ2) is 3.64. The molecule has 2 nitrogen and oxygen atoms in total. The lowest BCUT2D eigenvalue weighted by Crippen LogP contribution is -1.96. The van der Waals surface area contributed by atoms with E-state index < -0.39 is 0 Å². The second-order valence-electron chi connectivity index (χ2n) is 3.04. The normalized spacial score (nSPS) is 10.5. The van der Waals surface area contributed by atoms with Crippen LogP contribution in [0.5, 0.6) is 0 Å². The SMILES string of the molecule is Cc1cccc(-n2nc(Cl)cc2Cl)c1. The van der Waals surface area contributed by atoms with Gasteiger partial charge in [-0.3, -0.25) is 0 Å². The average Bonchev–Trinajstić information content (AvgIpc) is 2.45. The van der Waals surface area contributed by atoms with Gasteiger partial charge in [0.2, 0.25) is 0 Å². The first kappa shape index (κ1) is 9.56. The molecular formula is C10H8Cl2N2. The minimum Gasteiger partial charge on any atom is -0.221 e. The Morgan fingerprint density at radius 3 is 2.57 bits per heavy atom. The van der Waals surface area contributed by atoms with Crippen molar-refractivity contribution in [3.05, 3.63) is 46.2 Å². The summed E-state index contributed by atoms with van der Waals surface area (Å²) in [7, 11) is 0. The fourth-order valence-corrected chi connectivity index (χ4v) is 1.75. The number of hydrogen-bond acceptors (Lipinski definition) is 1. The van der Waals surface area contributed by atoms with Crippen LogP contribution in [0.3, 0.4) is 0 Å². The third-order valence-electron chi connectivity index (χ3n) is 1.88. The zero-order chi connectivity index (χ0) is 10.1. The lowest BCUT2D eigenvalue weighted by molar-refractivity contribution is 0.880. The lowest BCUT2D eigenvalue weighted by atomic mass is 10.2. The molecule has 0 amide bonds. The van der Waals surface area contributed by atoms with Gasteiger partial charge in [0.15, 0.2) is 5.15 Å². The molecule has 0 radical (unpaired) electrons. The first-order valence-electron chi connectivity index (χ1n) is 4.15. The van der Waals surface area contributed by atoms with Crippen LogP contribution in [-0.2, 0) is 0 Å². The van der Waals surface area contributed by atoms with Gasteiger partial charge in [-0.05, 0) is 24.6 Å². The number of benzene rings is 1. The van der Waals surface area contributed by atoms with Gasteiger partial charge in [0, 0.05) is 6.07 Å². The van der Waals surface area contributed by atoms with E-state index in [1.165, 1.54) is 0 Å². The molecule has 0 aliphatic carbocycles. The molecule has 0 bridgehead atoms. The van der Waals surface area contributed by atoms with E-state index in [1.807, 2.05) is 31.2 Å². The molecule has 0 aliphatic rings. The molecule has 0 saturated carbocycles. The summed E-state index contributed by atoms with van der Waals surface area (Å²) in [5, 5.41) is 4.99. The predicted molar refractivity (Wildman–Crippen MR) is 58.3 cm³/mol. The summed E-state index contributed by atoms with van der Waals surface area (Å²) in [4.78, 5) is 0. The van der Waals surface area contributed by atoms with Crippen molar-refractivity contribution in [2.45, 2.75) is 6.92 Å². The topological polar surface area (TPSA) is 17.8 Å². The van der Waals surface area contributed by atoms with E-state index in [1.54, 1.807) is 10.7 Å². The van der Waals surface area contributed by atoms with Crippen molar-refractivity contribution in [1.29, 1.82) is 0 Å². The number of hydrogen-bond donors (Lipinski definition) is 0. The van der Waals surface area contributed by atoms with E-state index >= 15 is 0 Å². The molecule has 0 fully saturated rings. The molecular weight excluding hydrogens is 219 g/mol. The van der Waals surface area contributed by atoms with E-state index in [2.05, 4.69) is 5.10 Å². The van der Waals surface area contributed by atoms with Gasteiger partial charge >= 0.3 is 0 Å². The number of rotatable bonds is 1. The maximum absolute atomic E-state index is 5.95. The van der Waals surface area contributed by atoms with Gasteiger partial charge in [-0.25, -0.2) is 4.68 Å². The number of halogens is 2. The summed E-state index contributed by atoms with van der Waals surface area (Å²) in [6.07, 6.45) is 0. The molecule has 1 aromatic carbocycles. The quantitative estimate of drug-likeness (QED) is 0.729.